The largest absolute Gasteiger partial charge is 0.302 e. The lowest BCUT2D eigenvalue weighted by molar-refractivity contribution is 0.0489. The van der Waals surface area contributed by atoms with Gasteiger partial charge >= 0.3 is 0 Å². The molecule has 5 heteroatoms. The highest BCUT2D eigenvalue weighted by atomic mass is 32.2. The van der Waals surface area contributed by atoms with E-state index in [4.69, 9.17) is 4.84 Å². The van der Waals surface area contributed by atoms with Gasteiger partial charge in [0.2, 0.25) is 0 Å². The van der Waals surface area contributed by atoms with Crippen molar-refractivity contribution >= 4 is 9.84 Å². The number of hydrogen-bond acceptors (Lipinski definition) is 4. The molecular weight excluding hydrogens is 190 g/mol. The van der Waals surface area contributed by atoms with Gasteiger partial charge in [0.25, 0.3) is 0 Å². The average molecular weight is 207 g/mol. The Morgan fingerprint density at radius 1 is 1.54 bits per heavy atom. The molecule has 1 fully saturated rings. The van der Waals surface area contributed by atoms with E-state index >= 15 is 0 Å². The van der Waals surface area contributed by atoms with Crippen LogP contribution < -0.4 is 5.48 Å². The fraction of sp³-hybridized carbons (Fsp3) is 1.00. The zero-order valence-electron chi connectivity index (χ0n) is 7.95. The highest BCUT2D eigenvalue weighted by Crippen LogP contribution is 2.20. The van der Waals surface area contributed by atoms with Crippen LogP contribution in [0.15, 0.2) is 0 Å². The lowest BCUT2D eigenvalue weighted by Gasteiger charge is -2.21. The summed E-state index contributed by atoms with van der Waals surface area (Å²) in [4.78, 5) is 4.96. The summed E-state index contributed by atoms with van der Waals surface area (Å²) in [7, 11) is -1.04. The summed E-state index contributed by atoms with van der Waals surface area (Å²) >= 11 is 0. The van der Waals surface area contributed by atoms with Crippen LogP contribution in [0.4, 0.5) is 0 Å². The van der Waals surface area contributed by atoms with Gasteiger partial charge in [-0.1, -0.05) is 0 Å². The van der Waals surface area contributed by atoms with Gasteiger partial charge in [0.1, 0.15) is 0 Å². The molecule has 1 unspecified atom stereocenters. The quantitative estimate of drug-likeness (QED) is 0.534. The van der Waals surface area contributed by atoms with Crippen molar-refractivity contribution in [1.29, 1.82) is 0 Å². The van der Waals surface area contributed by atoms with Crippen molar-refractivity contribution in [2.24, 2.45) is 5.92 Å². The van der Waals surface area contributed by atoms with E-state index in [0.29, 0.717) is 24.0 Å². The summed E-state index contributed by atoms with van der Waals surface area (Å²) in [6, 6.07) is 0. The Morgan fingerprint density at radius 3 is 2.92 bits per heavy atom. The van der Waals surface area contributed by atoms with Crippen molar-refractivity contribution in [2.75, 3.05) is 25.2 Å². The molecule has 1 aliphatic heterocycles. The Labute approximate surface area is 79.5 Å². The maximum Gasteiger partial charge on any atom is 0.150 e. The summed E-state index contributed by atoms with van der Waals surface area (Å²) in [5.74, 6) is 1.02. The summed E-state index contributed by atoms with van der Waals surface area (Å²) in [5.41, 5.74) is 2.58. The Kier molecular flexibility index (Phi) is 4.15. The predicted octanol–water partition coefficient (Wildman–Crippen LogP) is 0.352. The highest BCUT2D eigenvalue weighted by molar-refractivity contribution is 7.91. The average Bonchev–Trinajstić information content (AvgIpc) is 2.03. The lowest BCUT2D eigenvalue weighted by atomic mass is 10.0. The Morgan fingerprint density at radius 2 is 2.31 bits per heavy atom. The van der Waals surface area contributed by atoms with Crippen molar-refractivity contribution in [3.05, 3.63) is 0 Å². The number of nitrogens with one attached hydrogen (secondary N) is 1. The van der Waals surface area contributed by atoms with Crippen LogP contribution in [0.3, 0.4) is 0 Å². The molecule has 0 aliphatic carbocycles. The first-order valence-corrected chi connectivity index (χ1v) is 6.45. The van der Waals surface area contributed by atoms with Crippen LogP contribution in [-0.2, 0) is 14.7 Å². The minimum Gasteiger partial charge on any atom is -0.302 e. The van der Waals surface area contributed by atoms with Gasteiger partial charge in [-0.25, -0.2) is 13.9 Å². The van der Waals surface area contributed by atoms with Crippen LogP contribution in [0.25, 0.3) is 0 Å². The monoisotopic (exact) mass is 207 g/mol. The van der Waals surface area contributed by atoms with Gasteiger partial charge in [0.15, 0.2) is 9.84 Å². The maximum atomic E-state index is 11.2. The third-order valence-electron chi connectivity index (χ3n) is 2.33. The first kappa shape index (κ1) is 10.9. The predicted molar refractivity (Wildman–Crippen MR) is 51.0 cm³/mol. The molecule has 0 aromatic carbocycles. The molecule has 0 aromatic rings. The maximum absolute atomic E-state index is 11.2. The van der Waals surface area contributed by atoms with Gasteiger partial charge in [-0.3, -0.25) is 0 Å². The molecule has 0 aromatic heterocycles. The lowest BCUT2D eigenvalue weighted by Crippen LogP contribution is -2.26. The molecule has 1 aliphatic rings. The third kappa shape index (κ3) is 4.06. The standard InChI is InChI=1S/C8H17NO3S/c1-9-12-5-4-8-3-2-6-13(10,11)7-8/h8-9H,2-7H2,1H3. The minimum absolute atomic E-state index is 0.298. The van der Waals surface area contributed by atoms with Gasteiger partial charge in [-0.15, -0.1) is 0 Å². The number of sulfone groups is 1. The second-order valence-electron chi connectivity index (χ2n) is 3.46. The van der Waals surface area contributed by atoms with Gasteiger partial charge < -0.3 is 4.84 Å². The number of hydrogen-bond donors (Lipinski definition) is 1. The Balaban J connectivity index is 2.27. The van der Waals surface area contributed by atoms with E-state index < -0.39 is 9.84 Å². The van der Waals surface area contributed by atoms with E-state index in [1.807, 2.05) is 0 Å². The molecule has 78 valence electrons. The zero-order valence-corrected chi connectivity index (χ0v) is 8.77. The van der Waals surface area contributed by atoms with E-state index in [1.54, 1.807) is 7.05 Å². The number of hydroxylamine groups is 1. The number of rotatable bonds is 4. The molecule has 1 rings (SSSR count). The van der Waals surface area contributed by atoms with E-state index in [-0.39, 0.29) is 0 Å². The second kappa shape index (κ2) is 4.93. The van der Waals surface area contributed by atoms with Crippen molar-refractivity contribution in [2.45, 2.75) is 19.3 Å². The topological polar surface area (TPSA) is 55.4 Å². The molecular formula is C8H17NO3S. The van der Waals surface area contributed by atoms with Crippen LogP contribution in [-0.4, -0.2) is 33.6 Å². The Hall–Kier alpha value is -0.130. The fourth-order valence-electron chi connectivity index (χ4n) is 1.67. The van der Waals surface area contributed by atoms with Crippen molar-refractivity contribution in [1.82, 2.24) is 5.48 Å². The molecule has 0 amide bonds. The summed E-state index contributed by atoms with van der Waals surface area (Å²) < 4.78 is 22.5. The van der Waals surface area contributed by atoms with E-state index in [0.717, 1.165) is 19.3 Å². The van der Waals surface area contributed by atoms with Crippen LogP contribution in [0, 0.1) is 5.92 Å². The van der Waals surface area contributed by atoms with Crippen LogP contribution in [0.2, 0.25) is 0 Å². The highest BCUT2D eigenvalue weighted by Gasteiger charge is 2.24. The van der Waals surface area contributed by atoms with E-state index in [9.17, 15) is 8.42 Å². The molecule has 1 atom stereocenters. The molecule has 1 heterocycles. The third-order valence-corrected chi connectivity index (χ3v) is 4.22. The SMILES string of the molecule is CNOCCC1CCCS(=O)(=O)C1. The van der Waals surface area contributed by atoms with Gasteiger partial charge in [0.05, 0.1) is 18.1 Å². The zero-order chi connectivity index (χ0) is 9.73. The summed E-state index contributed by atoms with van der Waals surface area (Å²) in [6.07, 6.45) is 2.67. The molecule has 0 radical (unpaired) electrons. The first-order valence-electron chi connectivity index (χ1n) is 4.63. The molecule has 1 saturated heterocycles. The van der Waals surface area contributed by atoms with Gasteiger partial charge in [-0.05, 0) is 25.2 Å². The molecule has 1 N–H and O–H groups in total. The van der Waals surface area contributed by atoms with Crippen LogP contribution in [0.1, 0.15) is 19.3 Å². The molecule has 0 spiro atoms. The molecule has 0 bridgehead atoms. The molecule has 0 saturated carbocycles. The van der Waals surface area contributed by atoms with E-state index in [2.05, 4.69) is 5.48 Å². The van der Waals surface area contributed by atoms with Gasteiger partial charge in [0, 0.05) is 7.05 Å². The van der Waals surface area contributed by atoms with Crippen molar-refractivity contribution in [3.63, 3.8) is 0 Å². The van der Waals surface area contributed by atoms with Crippen molar-refractivity contribution < 1.29 is 13.3 Å². The normalized spacial score (nSPS) is 27.3. The summed E-state index contributed by atoms with van der Waals surface area (Å²) in [6.45, 7) is 0.594. The smallest absolute Gasteiger partial charge is 0.150 e. The molecule has 4 nitrogen and oxygen atoms in total. The van der Waals surface area contributed by atoms with E-state index in [1.165, 1.54) is 0 Å². The van der Waals surface area contributed by atoms with Crippen molar-refractivity contribution in [3.8, 4) is 0 Å². The minimum atomic E-state index is -2.75. The molecule has 13 heavy (non-hydrogen) atoms. The fourth-order valence-corrected chi connectivity index (χ4v) is 3.50. The second-order valence-corrected chi connectivity index (χ2v) is 5.69. The van der Waals surface area contributed by atoms with Crippen LogP contribution in [0.5, 0.6) is 0 Å². The Bertz CT molecular complexity index is 238. The van der Waals surface area contributed by atoms with Crippen LogP contribution >= 0.6 is 0 Å². The first-order chi connectivity index (χ1) is 6.14. The van der Waals surface area contributed by atoms with Gasteiger partial charge in [-0.2, -0.15) is 0 Å². The summed E-state index contributed by atoms with van der Waals surface area (Å²) in [5, 5.41) is 0.